The number of hydrogen-bond donors (Lipinski definition) is 1. The predicted octanol–water partition coefficient (Wildman–Crippen LogP) is 3.51. The van der Waals surface area contributed by atoms with Gasteiger partial charge in [-0.1, -0.05) is 49.6 Å². The van der Waals surface area contributed by atoms with E-state index in [0.29, 0.717) is 12.8 Å². The Hall–Kier alpha value is -2.10. The van der Waals surface area contributed by atoms with Gasteiger partial charge in [-0.25, -0.2) is 4.79 Å². The van der Waals surface area contributed by atoms with Crippen LogP contribution in [0.25, 0.3) is 0 Å². The van der Waals surface area contributed by atoms with Gasteiger partial charge in [0.05, 0.1) is 0 Å². The number of aliphatic hydroxyl groups is 1. The molecule has 0 amide bonds. The maximum absolute atomic E-state index is 12.5. The zero-order valence-corrected chi connectivity index (χ0v) is 13.2. The standard InChI is InChI=1S/C19H22O4/c20-17(14-9-5-2-6-10-14)16-18(21)15(23-19(16)22)12-11-13-7-3-1-4-8-13/h1,3-4,7-8,14-15,21H,2,5-6,9-12H2. The Kier molecular flexibility index (Phi) is 4.79. The van der Waals surface area contributed by atoms with Gasteiger partial charge in [-0.3, -0.25) is 4.79 Å². The Morgan fingerprint density at radius 2 is 1.83 bits per heavy atom. The van der Waals surface area contributed by atoms with Crippen molar-refractivity contribution in [3.63, 3.8) is 0 Å². The maximum atomic E-state index is 12.5. The highest BCUT2D eigenvalue weighted by molar-refractivity contribution is 6.19. The molecule has 1 saturated carbocycles. The van der Waals surface area contributed by atoms with Crippen molar-refractivity contribution in [2.24, 2.45) is 5.92 Å². The van der Waals surface area contributed by atoms with Crippen LogP contribution in [-0.2, 0) is 20.7 Å². The van der Waals surface area contributed by atoms with Crippen LogP contribution in [0.3, 0.4) is 0 Å². The summed E-state index contributed by atoms with van der Waals surface area (Å²) >= 11 is 0. The summed E-state index contributed by atoms with van der Waals surface area (Å²) in [5.74, 6) is -1.19. The Labute approximate surface area is 136 Å². The predicted molar refractivity (Wildman–Crippen MR) is 85.9 cm³/mol. The summed E-state index contributed by atoms with van der Waals surface area (Å²) in [5.41, 5.74) is 1.01. The van der Waals surface area contributed by atoms with Gasteiger partial charge in [0.2, 0.25) is 0 Å². The first kappa shape index (κ1) is 15.8. The zero-order valence-electron chi connectivity index (χ0n) is 13.2. The lowest BCUT2D eigenvalue weighted by atomic mass is 9.83. The van der Waals surface area contributed by atoms with Crippen molar-refractivity contribution in [1.82, 2.24) is 0 Å². The Bertz CT molecular complexity index is 612. The van der Waals surface area contributed by atoms with Crippen molar-refractivity contribution in [2.45, 2.75) is 51.0 Å². The molecule has 1 aromatic carbocycles. The molecule has 1 fully saturated rings. The fraction of sp³-hybridized carbons (Fsp3) is 0.474. The van der Waals surface area contributed by atoms with E-state index in [-0.39, 0.29) is 23.0 Å². The molecule has 1 aromatic rings. The number of carbonyl (C=O) groups excluding carboxylic acids is 2. The van der Waals surface area contributed by atoms with Gasteiger partial charge in [0.15, 0.2) is 17.6 Å². The topological polar surface area (TPSA) is 63.6 Å². The molecule has 0 aromatic heterocycles. The number of benzene rings is 1. The number of aryl methyl sites for hydroxylation is 1. The summed E-state index contributed by atoms with van der Waals surface area (Å²) < 4.78 is 5.24. The summed E-state index contributed by atoms with van der Waals surface area (Å²) in [4.78, 5) is 24.6. The van der Waals surface area contributed by atoms with Crippen LogP contribution in [0, 0.1) is 5.92 Å². The first-order chi connectivity index (χ1) is 11.2. The van der Waals surface area contributed by atoms with Crippen molar-refractivity contribution >= 4 is 11.8 Å². The second kappa shape index (κ2) is 6.99. The second-order valence-electron chi connectivity index (χ2n) is 6.38. The van der Waals surface area contributed by atoms with Gasteiger partial charge in [-0.2, -0.15) is 0 Å². The molecular formula is C19H22O4. The molecule has 1 aliphatic heterocycles. The van der Waals surface area contributed by atoms with Gasteiger partial charge >= 0.3 is 5.97 Å². The zero-order chi connectivity index (χ0) is 16.2. The highest BCUT2D eigenvalue weighted by Gasteiger charge is 2.40. The number of aliphatic hydroxyl groups excluding tert-OH is 1. The van der Waals surface area contributed by atoms with E-state index < -0.39 is 12.1 Å². The quantitative estimate of drug-likeness (QED) is 0.667. The molecule has 4 nitrogen and oxygen atoms in total. The highest BCUT2D eigenvalue weighted by atomic mass is 16.6. The van der Waals surface area contributed by atoms with Gasteiger partial charge in [0.25, 0.3) is 0 Å². The van der Waals surface area contributed by atoms with Crippen LogP contribution in [0.2, 0.25) is 0 Å². The summed E-state index contributed by atoms with van der Waals surface area (Å²) in [6.45, 7) is 0. The van der Waals surface area contributed by atoms with Crippen LogP contribution in [0.4, 0.5) is 0 Å². The van der Waals surface area contributed by atoms with E-state index in [9.17, 15) is 14.7 Å². The van der Waals surface area contributed by atoms with Crippen LogP contribution in [0.15, 0.2) is 41.7 Å². The summed E-state index contributed by atoms with van der Waals surface area (Å²) in [6, 6.07) is 9.82. The Morgan fingerprint density at radius 1 is 1.13 bits per heavy atom. The molecule has 2 aliphatic rings. The molecule has 1 aliphatic carbocycles. The van der Waals surface area contributed by atoms with E-state index in [1.54, 1.807) is 0 Å². The van der Waals surface area contributed by atoms with E-state index in [1.807, 2.05) is 30.3 Å². The molecule has 0 saturated heterocycles. The van der Waals surface area contributed by atoms with Crippen LogP contribution in [0.5, 0.6) is 0 Å². The lowest BCUT2D eigenvalue weighted by molar-refractivity contribution is -0.141. The summed E-state index contributed by atoms with van der Waals surface area (Å²) in [5, 5.41) is 10.3. The van der Waals surface area contributed by atoms with E-state index in [4.69, 9.17) is 4.74 Å². The molecule has 0 spiro atoms. The van der Waals surface area contributed by atoms with Crippen LogP contribution < -0.4 is 0 Å². The number of carbonyl (C=O) groups is 2. The third-order valence-electron chi connectivity index (χ3n) is 4.77. The Morgan fingerprint density at radius 3 is 2.52 bits per heavy atom. The molecule has 122 valence electrons. The summed E-state index contributed by atoms with van der Waals surface area (Å²) in [7, 11) is 0. The minimum Gasteiger partial charge on any atom is -0.507 e. The third kappa shape index (κ3) is 3.46. The lowest BCUT2D eigenvalue weighted by Gasteiger charge is -2.19. The van der Waals surface area contributed by atoms with Crippen LogP contribution >= 0.6 is 0 Å². The van der Waals surface area contributed by atoms with Gasteiger partial charge < -0.3 is 9.84 Å². The van der Waals surface area contributed by atoms with E-state index in [0.717, 1.165) is 37.7 Å². The average Bonchev–Trinajstić information content (AvgIpc) is 2.88. The molecule has 3 rings (SSSR count). The molecule has 1 atom stereocenters. The van der Waals surface area contributed by atoms with Gasteiger partial charge in [-0.05, 0) is 31.2 Å². The molecule has 1 heterocycles. The van der Waals surface area contributed by atoms with Crippen molar-refractivity contribution in [2.75, 3.05) is 0 Å². The minimum atomic E-state index is -0.690. The SMILES string of the molecule is O=C1OC(CCc2ccccc2)C(O)=C1C(=O)C1CCCCC1. The third-order valence-corrected chi connectivity index (χ3v) is 4.77. The number of hydrogen-bond acceptors (Lipinski definition) is 4. The average molecular weight is 314 g/mol. The van der Waals surface area contributed by atoms with Crippen molar-refractivity contribution in [3.8, 4) is 0 Å². The fourth-order valence-corrected chi connectivity index (χ4v) is 3.44. The maximum Gasteiger partial charge on any atom is 0.346 e. The number of ether oxygens (including phenoxy) is 1. The second-order valence-corrected chi connectivity index (χ2v) is 6.38. The minimum absolute atomic E-state index is 0.102. The van der Waals surface area contributed by atoms with Crippen LogP contribution in [-0.4, -0.2) is 23.0 Å². The molecule has 1 N–H and O–H groups in total. The normalized spacial score (nSPS) is 22.3. The number of rotatable bonds is 5. The molecule has 0 bridgehead atoms. The van der Waals surface area contributed by atoms with E-state index in [1.165, 1.54) is 0 Å². The van der Waals surface area contributed by atoms with Gasteiger partial charge in [-0.15, -0.1) is 0 Å². The smallest absolute Gasteiger partial charge is 0.346 e. The number of Topliss-reactive ketones (excluding diaryl/α,β-unsaturated/α-hetero) is 1. The first-order valence-electron chi connectivity index (χ1n) is 8.39. The van der Waals surface area contributed by atoms with Gasteiger partial charge in [0.1, 0.15) is 5.57 Å². The Balaban J connectivity index is 1.68. The molecule has 23 heavy (non-hydrogen) atoms. The molecule has 4 heteroatoms. The highest BCUT2D eigenvalue weighted by Crippen LogP contribution is 2.32. The first-order valence-corrected chi connectivity index (χ1v) is 8.39. The molecule has 1 unspecified atom stereocenters. The van der Waals surface area contributed by atoms with Crippen molar-refractivity contribution in [3.05, 3.63) is 47.2 Å². The van der Waals surface area contributed by atoms with E-state index >= 15 is 0 Å². The number of ketones is 1. The molecular weight excluding hydrogens is 292 g/mol. The van der Waals surface area contributed by atoms with E-state index in [2.05, 4.69) is 0 Å². The lowest BCUT2D eigenvalue weighted by Crippen LogP contribution is -2.23. The van der Waals surface area contributed by atoms with Crippen molar-refractivity contribution in [1.29, 1.82) is 0 Å². The number of esters is 1. The molecule has 0 radical (unpaired) electrons. The van der Waals surface area contributed by atoms with Gasteiger partial charge in [0, 0.05) is 5.92 Å². The van der Waals surface area contributed by atoms with Crippen LogP contribution in [0.1, 0.15) is 44.1 Å². The largest absolute Gasteiger partial charge is 0.507 e. The fourth-order valence-electron chi connectivity index (χ4n) is 3.44. The van der Waals surface area contributed by atoms with Crippen molar-refractivity contribution < 1.29 is 19.4 Å². The monoisotopic (exact) mass is 314 g/mol. The summed E-state index contributed by atoms with van der Waals surface area (Å²) in [6.07, 6.45) is 5.25. The number of cyclic esters (lactones) is 1.